The van der Waals surface area contributed by atoms with E-state index in [1.807, 2.05) is 68.4 Å². The number of nitrogens with zero attached hydrogens (tertiary/aromatic N) is 5. The number of rotatable bonds is 7. The smallest absolute Gasteiger partial charge is 0.139 e. The molecule has 3 aromatic rings. The summed E-state index contributed by atoms with van der Waals surface area (Å²) in [5.74, 6) is 3.88. The molecular formula is C32H47N5. The molecule has 0 radical (unpaired) electrons. The highest BCUT2D eigenvalue weighted by Crippen LogP contribution is 2.29. The molecule has 1 saturated carbocycles. The Labute approximate surface area is 225 Å². The first-order chi connectivity index (χ1) is 17.9. The van der Waals surface area contributed by atoms with E-state index in [0.717, 1.165) is 53.9 Å². The lowest BCUT2D eigenvalue weighted by Crippen LogP contribution is -2.24. The molecule has 200 valence electrons. The topological polar surface area (TPSA) is 56.1 Å². The van der Waals surface area contributed by atoms with Gasteiger partial charge in [-0.2, -0.15) is 5.26 Å². The van der Waals surface area contributed by atoms with Crippen molar-refractivity contribution in [1.82, 2.24) is 9.97 Å². The third kappa shape index (κ3) is 10.4. The predicted molar refractivity (Wildman–Crippen MR) is 159 cm³/mol. The maximum Gasteiger partial charge on any atom is 0.139 e. The van der Waals surface area contributed by atoms with E-state index < -0.39 is 0 Å². The van der Waals surface area contributed by atoms with Gasteiger partial charge in [0.2, 0.25) is 0 Å². The third-order valence-corrected chi connectivity index (χ3v) is 6.94. The zero-order valence-electron chi connectivity index (χ0n) is 24.0. The summed E-state index contributed by atoms with van der Waals surface area (Å²) in [6.07, 6.45) is 9.08. The molecule has 37 heavy (non-hydrogen) atoms. The quantitative estimate of drug-likeness (QED) is 0.328. The number of aromatic nitrogens is 2. The molecule has 0 bridgehead atoms. The molecule has 1 aliphatic carbocycles. The maximum absolute atomic E-state index is 8.55. The summed E-state index contributed by atoms with van der Waals surface area (Å²) < 4.78 is 0. The molecule has 0 saturated heterocycles. The van der Waals surface area contributed by atoms with Crippen molar-refractivity contribution in [3.8, 4) is 6.07 Å². The van der Waals surface area contributed by atoms with Crippen LogP contribution in [0.5, 0.6) is 0 Å². The van der Waals surface area contributed by atoms with Crippen LogP contribution in [0.25, 0.3) is 10.9 Å². The molecule has 0 N–H and O–H groups in total. The Morgan fingerprint density at radius 1 is 0.892 bits per heavy atom. The number of hydrogen-bond acceptors (Lipinski definition) is 5. The Balaban J connectivity index is 0.000000200. The van der Waals surface area contributed by atoms with Crippen molar-refractivity contribution in [3.05, 3.63) is 60.4 Å². The minimum absolute atomic E-state index is 0.592. The van der Waals surface area contributed by atoms with Gasteiger partial charge in [-0.1, -0.05) is 83.2 Å². The van der Waals surface area contributed by atoms with Crippen molar-refractivity contribution in [2.24, 2.45) is 11.8 Å². The van der Waals surface area contributed by atoms with E-state index in [1.165, 1.54) is 37.8 Å². The highest BCUT2D eigenvalue weighted by molar-refractivity contribution is 5.89. The fraction of sp³-hybridized carbons (Fsp3) is 0.531. The zero-order chi connectivity index (χ0) is 27.0. The molecule has 2 aromatic carbocycles. The predicted octanol–water partition coefficient (Wildman–Crippen LogP) is 8.04. The number of benzene rings is 2. The minimum atomic E-state index is 0.592. The molecule has 5 heteroatoms. The van der Waals surface area contributed by atoms with E-state index in [2.05, 4.69) is 53.8 Å². The normalized spacial score (nSPS) is 16.5. The van der Waals surface area contributed by atoms with Crippen molar-refractivity contribution in [1.29, 1.82) is 5.26 Å². The van der Waals surface area contributed by atoms with Crippen LogP contribution in [0.3, 0.4) is 0 Å². The van der Waals surface area contributed by atoms with Gasteiger partial charge >= 0.3 is 0 Å². The van der Waals surface area contributed by atoms with Gasteiger partial charge in [-0.3, -0.25) is 0 Å². The van der Waals surface area contributed by atoms with Crippen molar-refractivity contribution in [3.63, 3.8) is 0 Å². The maximum atomic E-state index is 8.55. The number of hydrogen-bond donors (Lipinski definition) is 0. The van der Waals surface area contributed by atoms with Gasteiger partial charge in [0.05, 0.1) is 18.0 Å². The number of aryl methyl sites for hydroxylation is 1. The van der Waals surface area contributed by atoms with E-state index >= 15 is 0 Å². The van der Waals surface area contributed by atoms with Crippen LogP contribution >= 0.6 is 0 Å². The molecule has 1 aliphatic rings. The van der Waals surface area contributed by atoms with E-state index in [4.69, 9.17) is 5.26 Å². The molecule has 0 aliphatic heterocycles. The van der Waals surface area contributed by atoms with Crippen molar-refractivity contribution in [2.45, 2.75) is 72.6 Å². The fourth-order valence-corrected chi connectivity index (χ4v) is 4.71. The summed E-state index contributed by atoms with van der Waals surface area (Å²) in [6, 6.07) is 20.5. The number of fused-ring (bicyclic) bond motifs is 1. The standard InChI is InChI=1S/C12H16N2.C11H13N3.C9H18/c1-2-10-14(11-6-9-13)12-7-4-3-5-8-12;1-8-12-10-7-5-4-6-9(10)11(13-8)14(2)3;1-3-9-6-4-8(2)5-7-9/h3-5,7-8H,2,6,10-11H2,1H3;4-7H,1-3H3;8-9H,3-7H2,1-2H3. The highest BCUT2D eigenvalue weighted by atomic mass is 15.1. The molecule has 1 aromatic heterocycles. The first-order valence-corrected chi connectivity index (χ1v) is 14.0. The minimum Gasteiger partial charge on any atom is -0.371 e. The monoisotopic (exact) mass is 501 g/mol. The Hall–Kier alpha value is -3.13. The lowest BCUT2D eigenvalue weighted by Gasteiger charge is -2.24. The fourth-order valence-electron chi connectivity index (χ4n) is 4.71. The SMILES string of the molecule is CCC1CCC(C)CC1.CCCN(CCC#N)c1ccccc1.Cc1nc(N(C)C)c2ccccc2n1. The van der Waals surface area contributed by atoms with Gasteiger partial charge in [-0.05, 0) is 49.4 Å². The van der Waals surface area contributed by atoms with Gasteiger partial charge in [0.25, 0.3) is 0 Å². The van der Waals surface area contributed by atoms with E-state index in [1.54, 1.807) is 0 Å². The third-order valence-electron chi connectivity index (χ3n) is 6.94. The van der Waals surface area contributed by atoms with Gasteiger partial charge in [-0.25, -0.2) is 9.97 Å². The van der Waals surface area contributed by atoms with Crippen LogP contribution in [0.1, 0.15) is 71.5 Å². The molecule has 1 heterocycles. The summed E-state index contributed by atoms with van der Waals surface area (Å²) in [6.45, 7) is 10.6. The number of nitriles is 1. The van der Waals surface area contributed by atoms with E-state index in [0.29, 0.717) is 6.42 Å². The highest BCUT2D eigenvalue weighted by Gasteiger charge is 2.15. The summed E-state index contributed by atoms with van der Waals surface area (Å²) in [5, 5.41) is 9.65. The molecule has 0 amide bonds. The van der Waals surface area contributed by atoms with Crippen LogP contribution in [-0.4, -0.2) is 37.2 Å². The summed E-state index contributed by atoms with van der Waals surface area (Å²) in [4.78, 5) is 13.1. The molecule has 5 nitrogen and oxygen atoms in total. The molecule has 0 spiro atoms. The lowest BCUT2D eigenvalue weighted by molar-refractivity contribution is 0.284. The van der Waals surface area contributed by atoms with Crippen LogP contribution in [-0.2, 0) is 0 Å². The van der Waals surface area contributed by atoms with Crippen LogP contribution in [0.4, 0.5) is 11.5 Å². The average molecular weight is 502 g/mol. The first kappa shape index (κ1) is 30.1. The lowest BCUT2D eigenvalue weighted by atomic mass is 9.82. The van der Waals surface area contributed by atoms with Gasteiger partial charge in [0, 0.05) is 38.3 Å². The second-order valence-electron chi connectivity index (χ2n) is 10.3. The number of anilines is 2. The zero-order valence-corrected chi connectivity index (χ0v) is 24.0. The van der Waals surface area contributed by atoms with Gasteiger partial charge < -0.3 is 9.80 Å². The van der Waals surface area contributed by atoms with Gasteiger partial charge in [0.1, 0.15) is 11.6 Å². The first-order valence-electron chi connectivity index (χ1n) is 14.0. The van der Waals surface area contributed by atoms with Crippen LogP contribution < -0.4 is 9.80 Å². The summed E-state index contributed by atoms with van der Waals surface area (Å²) in [7, 11) is 3.99. The summed E-state index contributed by atoms with van der Waals surface area (Å²) >= 11 is 0. The van der Waals surface area contributed by atoms with Gasteiger partial charge in [-0.15, -0.1) is 0 Å². The van der Waals surface area contributed by atoms with Crippen molar-refractivity contribution >= 4 is 22.4 Å². The largest absolute Gasteiger partial charge is 0.371 e. The second-order valence-corrected chi connectivity index (χ2v) is 10.3. The van der Waals surface area contributed by atoms with Crippen LogP contribution in [0.2, 0.25) is 0 Å². The summed E-state index contributed by atoms with van der Waals surface area (Å²) in [5.41, 5.74) is 2.22. The van der Waals surface area contributed by atoms with Crippen molar-refractivity contribution in [2.75, 3.05) is 37.0 Å². The van der Waals surface area contributed by atoms with E-state index in [-0.39, 0.29) is 0 Å². The molecule has 4 rings (SSSR count). The Bertz CT molecular complexity index is 1070. The molecule has 0 unspecified atom stereocenters. The molecule has 0 atom stereocenters. The molecular weight excluding hydrogens is 454 g/mol. The Morgan fingerprint density at radius 2 is 1.54 bits per heavy atom. The molecule has 1 fully saturated rings. The average Bonchev–Trinajstić information content (AvgIpc) is 2.92. The van der Waals surface area contributed by atoms with E-state index in [9.17, 15) is 0 Å². The Kier molecular flexibility index (Phi) is 13.5. The van der Waals surface area contributed by atoms with Gasteiger partial charge in [0.15, 0.2) is 0 Å². The second kappa shape index (κ2) is 16.6. The van der Waals surface area contributed by atoms with Crippen LogP contribution in [0, 0.1) is 30.1 Å². The van der Waals surface area contributed by atoms with Crippen molar-refractivity contribution < 1.29 is 0 Å². The number of para-hydroxylation sites is 2. The Morgan fingerprint density at radius 3 is 2.14 bits per heavy atom. The van der Waals surface area contributed by atoms with Crippen LogP contribution in [0.15, 0.2) is 54.6 Å².